The highest BCUT2D eigenvalue weighted by molar-refractivity contribution is 9.11. The molecular weight excluding hydrogens is 530 g/mol. The smallest absolute Gasteiger partial charge is 0.132 e. The first-order valence-electron chi connectivity index (χ1n) is 9.23. The summed E-state index contributed by atoms with van der Waals surface area (Å²) in [7, 11) is 1.58. The van der Waals surface area contributed by atoms with Gasteiger partial charge in [0.05, 0.1) is 7.11 Å². The molecule has 0 aliphatic rings. The maximum absolute atomic E-state index is 13.8. The highest BCUT2D eigenvalue weighted by atomic mass is 79.9. The molecule has 0 amide bonds. The molecule has 2 nitrogen and oxygen atoms in total. The van der Waals surface area contributed by atoms with Crippen LogP contribution in [0.4, 0.5) is 8.78 Å². The number of halogens is 4. The molecule has 0 unspecified atom stereocenters. The first-order chi connectivity index (χ1) is 14.9. The molecule has 0 heterocycles. The lowest BCUT2D eigenvalue weighted by Gasteiger charge is -2.10. The zero-order chi connectivity index (χ0) is 22.4. The van der Waals surface area contributed by atoms with Gasteiger partial charge in [-0.15, -0.1) is 0 Å². The van der Waals surface area contributed by atoms with Crippen molar-refractivity contribution in [2.24, 2.45) is 0 Å². The molecule has 0 bridgehead atoms. The average molecular weight is 548 g/mol. The van der Waals surface area contributed by atoms with E-state index in [9.17, 15) is 13.9 Å². The van der Waals surface area contributed by atoms with Gasteiger partial charge in [0.15, 0.2) is 0 Å². The van der Waals surface area contributed by atoms with Crippen molar-refractivity contribution in [3.05, 3.63) is 106 Å². The second-order valence-corrected chi connectivity index (χ2v) is 8.12. The number of phenols is 1. The van der Waals surface area contributed by atoms with Crippen LogP contribution in [0.1, 0.15) is 0 Å². The monoisotopic (exact) mass is 546 g/mol. The molecule has 1 N–H and O–H groups in total. The van der Waals surface area contributed by atoms with E-state index < -0.39 is 0 Å². The maximum Gasteiger partial charge on any atom is 0.132 e. The van der Waals surface area contributed by atoms with Gasteiger partial charge in [0.1, 0.15) is 23.1 Å². The Morgan fingerprint density at radius 2 is 1.13 bits per heavy atom. The van der Waals surface area contributed by atoms with Crippen molar-refractivity contribution in [1.29, 1.82) is 0 Å². The summed E-state index contributed by atoms with van der Waals surface area (Å²) in [6.45, 7) is 0. The number of aromatic hydroxyl groups is 1. The van der Waals surface area contributed by atoms with Crippen LogP contribution in [0.25, 0.3) is 22.3 Å². The van der Waals surface area contributed by atoms with Crippen molar-refractivity contribution >= 4 is 31.9 Å². The molecule has 158 valence electrons. The maximum atomic E-state index is 13.8. The van der Waals surface area contributed by atoms with Gasteiger partial charge in [0.25, 0.3) is 0 Å². The molecule has 0 radical (unpaired) electrons. The number of methoxy groups -OCH3 is 1. The summed E-state index contributed by atoms with van der Waals surface area (Å²) in [6.07, 6.45) is 0. The normalized spacial score (nSPS) is 10.2. The zero-order valence-corrected chi connectivity index (χ0v) is 19.6. The molecule has 0 fully saturated rings. The van der Waals surface area contributed by atoms with Crippen LogP contribution in [-0.2, 0) is 0 Å². The fraction of sp³-hybridized carbons (Fsp3) is 0.0400. The fourth-order valence-electron chi connectivity index (χ4n) is 3.05. The van der Waals surface area contributed by atoms with Crippen LogP contribution in [0, 0.1) is 11.6 Å². The van der Waals surface area contributed by atoms with Crippen molar-refractivity contribution in [2.45, 2.75) is 0 Å². The molecular formula is C25H18Br2F2O2. The van der Waals surface area contributed by atoms with E-state index in [1.54, 1.807) is 43.5 Å². The Morgan fingerprint density at radius 3 is 1.65 bits per heavy atom. The van der Waals surface area contributed by atoms with Gasteiger partial charge in [0.2, 0.25) is 0 Å². The van der Waals surface area contributed by atoms with E-state index >= 15 is 0 Å². The minimum absolute atomic E-state index is 0.0725. The molecule has 0 aromatic heterocycles. The lowest BCUT2D eigenvalue weighted by Crippen LogP contribution is -1.91. The summed E-state index contributed by atoms with van der Waals surface area (Å²) in [5.41, 5.74) is 2.15. The summed E-state index contributed by atoms with van der Waals surface area (Å²) in [5, 5.41) is 9.63. The first kappa shape index (κ1) is 23.0. The molecule has 0 aliphatic carbocycles. The number of hydrogen-bond acceptors (Lipinski definition) is 2. The summed E-state index contributed by atoms with van der Waals surface area (Å²) >= 11 is 6.62. The predicted octanol–water partition coefficient (Wildman–Crippen LogP) is 8.22. The van der Waals surface area contributed by atoms with Gasteiger partial charge in [-0.05, 0) is 36.4 Å². The molecule has 4 aromatic carbocycles. The topological polar surface area (TPSA) is 29.5 Å². The van der Waals surface area contributed by atoms with Crippen LogP contribution in [0.5, 0.6) is 11.5 Å². The van der Waals surface area contributed by atoms with Crippen LogP contribution in [0.15, 0.2) is 93.9 Å². The van der Waals surface area contributed by atoms with E-state index in [1.807, 2.05) is 30.3 Å². The molecule has 0 spiro atoms. The minimum Gasteiger partial charge on any atom is -0.507 e. The second kappa shape index (κ2) is 10.6. The molecule has 0 saturated carbocycles. The standard InChI is InChI=1S/C13H10BrFO.C12H8BrFO/c1-16-12-8-3-2-5-9(12)13-10(14)6-4-7-11(13)15;13-9-5-3-6-10(14)12(9)8-4-1-2-7-11(8)15/h2-8H,1H3;1-7,15H. The number of ether oxygens (including phenoxy) is 1. The van der Waals surface area contributed by atoms with Gasteiger partial charge in [-0.3, -0.25) is 0 Å². The van der Waals surface area contributed by atoms with Crippen LogP contribution in [-0.4, -0.2) is 12.2 Å². The summed E-state index contributed by atoms with van der Waals surface area (Å²) in [4.78, 5) is 0. The van der Waals surface area contributed by atoms with Gasteiger partial charge in [-0.2, -0.15) is 0 Å². The van der Waals surface area contributed by atoms with Gasteiger partial charge >= 0.3 is 0 Å². The molecule has 4 rings (SSSR count). The van der Waals surface area contributed by atoms with E-state index in [0.717, 1.165) is 10.0 Å². The molecule has 0 atom stereocenters. The number of para-hydroxylation sites is 2. The Hall–Kier alpha value is -2.70. The number of phenolic OH excluding ortho intramolecular Hbond substituents is 1. The van der Waals surface area contributed by atoms with Gasteiger partial charge < -0.3 is 9.84 Å². The summed E-state index contributed by atoms with van der Waals surface area (Å²) in [6, 6.07) is 23.7. The number of hydrogen-bond donors (Lipinski definition) is 1. The lowest BCUT2D eigenvalue weighted by molar-refractivity contribution is 0.416. The fourth-order valence-corrected chi connectivity index (χ4v) is 4.16. The number of rotatable bonds is 3. The van der Waals surface area contributed by atoms with Crippen LogP contribution >= 0.6 is 31.9 Å². The van der Waals surface area contributed by atoms with Crippen molar-refractivity contribution in [3.8, 4) is 33.8 Å². The van der Waals surface area contributed by atoms with E-state index in [0.29, 0.717) is 26.9 Å². The van der Waals surface area contributed by atoms with E-state index in [2.05, 4.69) is 31.9 Å². The Balaban J connectivity index is 0.000000176. The van der Waals surface area contributed by atoms with Crippen LogP contribution in [0.3, 0.4) is 0 Å². The van der Waals surface area contributed by atoms with Crippen molar-refractivity contribution in [3.63, 3.8) is 0 Å². The Morgan fingerprint density at radius 1 is 0.645 bits per heavy atom. The van der Waals surface area contributed by atoms with Crippen molar-refractivity contribution < 1.29 is 18.6 Å². The molecule has 0 aliphatic heterocycles. The third kappa shape index (κ3) is 5.32. The highest BCUT2D eigenvalue weighted by Crippen LogP contribution is 2.37. The quantitative estimate of drug-likeness (QED) is 0.280. The Labute approximate surface area is 196 Å². The van der Waals surface area contributed by atoms with E-state index in [-0.39, 0.29) is 17.4 Å². The molecule has 4 aromatic rings. The SMILES string of the molecule is COc1ccccc1-c1c(F)cccc1Br.Oc1ccccc1-c1c(F)cccc1Br. The Kier molecular flexibility index (Phi) is 7.82. The molecule has 6 heteroatoms. The van der Waals surface area contributed by atoms with E-state index in [1.165, 1.54) is 18.2 Å². The third-order valence-electron chi connectivity index (χ3n) is 4.48. The van der Waals surface area contributed by atoms with Gasteiger partial charge in [-0.1, -0.05) is 80.4 Å². The number of benzene rings is 4. The average Bonchev–Trinajstić information content (AvgIpc) is 2.76. The second-order valence-electron chi connectivity index (χ2n) is 6.41. The third-order valence-corrected chi connectivity index (χ3v) is 5.80. The predicted molar refractivity (Wildman–Crippen MR) is 127 cm³/mol. The van der Waals surface area contributed by atoms with Crippen LogP contribution < -0.4 is 4.74 Å². The minimum atomic E-state index is -0.356. The molecule has 31 heavy (non-hydrogen) atoms. The van der Waals surface area contributed by atoms with Gasteiger partial charge in [-0.25, -0.2) is 8.78 Å². The lowest BCUT2D eigenvalue weighted by atomic mass is 10.0. The summed E-state index contributed by atoms with van der Waals surface area (Å²) in [5.74, 6) is 0.112. The van der Waals surface area contributed by atoms with Crippen molar-refractivity contribution in [2.75, 3.05) is 7.11 Å². The van der Waals surface area contributed by atoms with Gasteiger partial charge in [0, 0.05) is 31.2 Å². The largest absolute Gasteiger partial charge is 0.507 e. The highest BCUT2D eigenvalue weighted by Gasteiger charge is 2.13. The van der Waals surface area contributed by atoms with E-state index in [4.69, 9.17) is 4.74 Å². The Bertz CT molecular complexity index is 1160. The zero-order valence-electron chi connectivity index (χ0n) is 16.5. The summed E-state index contributed by atoms with van der Waals surface area (Å²) < 4.78 is 33.9. The molecule has 0 saturated heterocycles. The van der Waals surface area contributed by atoms with Crippen molar-refractivity contribution in [1.82, 2.24) is 0 Å². The van der Waals surface area contributed by atoms with Crippen LogP contribution in [0.2, 0.25) is 0 Å². The first-order valence-corrected chi connectivity index (χ1v) is 10.8.